The molecule has 0 radical (unpaired) electrons. The van der Waals surface area contributed by atoms with Crippen LogP contribution in [0.25, 0.3) is 0 Å². The number of nitrogens with one attached hydrogen (secondary N) is 1. The zero-order chi connectivity index (χ0) is 17.6. The summed E-state index contributed by atoms with van der Waals surface area (Å²) in [5.74, 6) is 1.09. The highest BCUT2D eigenvalue weighted by Crippen LogP contribution is 2.48. The molecule has 26 heavy (non-hydrogen) atoms. The standard InChI is InChI=1S/C19H24N2O5/c22-17(21-7-5-19(6-8-21)25-11-12-26-19)20-18(3-4-18)14-1-2-15-16(13-14)24-10-9-23-15/h1-2,13H,3-12H2,(H,20,22). The lowest BCUT2D eigenvalue weighted by molar-refractivity contribution is -0.181. The van der Waals surface area contributed by atoms with Gasteiger partial charge >= 0.3 is 6.03 Å². The molecule has 140 valence electrons. The molecule has 7 nitrogen and oxygen atoms in total. The van der Waals surface area contributed by atoms with Crippen molar-refractivity contribution in [2.45, 2.75) is 37.0 Å². The van der Waals surface area contributed by atoms with Crippen molar-refractivity contribution >= 4 is 6.03 Å². The van der Waals surface area contributed by atoms with Gasteiger partial charge in [0, 0.05) is 25.9 Å². The van der Waals surface area contributed by atoms with Crippen LogP contribution < -0.4 is 14.8 Å². The third-order valence-electron chi connectivity index (χ3n) is 5.82. The molecule has 1 aliphatic carbocycles. The summed E-state index contributed by atoms with van der Waals surface area (Å²) < 4.78 is 22.8. The first-order chi connectivity index (χ1) is 12.7. The summed E-state index contributed by atoms with van der Waals surface area (Å²) in [5, 5.41) is 3.25. The van der Waals surface area contributed by atoms with E-state index in [4.69, 9.17) is 18.9 Å². The van der Waals surface area contributed by atoms with E-state index in [-0.39, 0.29) is 11.6 Å². The number of amides is 2. The van der Waals surface area contributed by atoms with Gasteiger partial charge in [-0.1, -0.05) is 6.07 Å². The summed E-state index contributed by atoms with van der Waals surface area (Å²) in [6.45, 7) is 3.76. The molecular formula is C19H24N2O5. The molecule has 3 aliphatic heterocycles. The molecule has 1 aromatic carbocycles. The Morgan fingerprint density at radius 1 is 0.923 bits per heavy atom. The average molecular weight is 360 g/mol. The van der Waals surface area contributed by atoms with Crippen molar-refractivity contribution < 1.29 is 23.7 Å². The van der Waals surface area contributed by atoms with E-state index in [2.05, 4.69) is 5.32 Å². The molecule has 5 rings (SSSR count). The lowest BCUT2D eigenvalue weighted by atomic mass is 10.0. The number of hydrogen-bond donors (Lipinski definition) is 1. The molecule has 1 saturated carbocycles. The molecule has 2 saturated heterocycles. The van der Waals surface area contributed by atoms with Crippen molar-refractivity contribution in [3.8, 4) is 11.5 Å². The minimum atomic E-state index is -0.454. The summed E-state index contributed by atoms with van der Waals surface area (Å²) in [5.41, 5.74) is 0.814. The van der Waals surface area contributed by atoms with E-state index in [0.717, 1.165) is 42.7 Å². The fourth-order valence-electron chi connectivity index (χ4n) is 4.07. The number of urea groups is 1. The number of piperidine rings is 1. The molecule has 0 atom stereocenters. The summed E-state index contributed by atoms with van der Waals surface area (Å²) in [6, 6.07) is 5.97. The summed E-state index contributed by atoms with van der Waals surface area (Å²) in [6.07, 6.45) is 3.36. The van der Waals surface area contributed by atoms with Crippen molar-refractivity contribution in [1.29, 1.82) is 0 Å². The van der Waals surface area contributed by atoms with Crippen molar-refractivity contribution in [3.05, 3.63) is 23.8 Å². The predicted molar refractivity (Wildman–Crippen MR) is 92.3 cm³/mol. The van der Waals surface area contributed by atoms with Gasteiger partial charge in [-0.2, -0.15) is 0 Å². The SMILES string of the molecule is O=C(NC1(c2ccc3c(c2)OCCO3)CC1)N1CCC2(CC1)OCCO2. The van der Waals surface area contributed by atoms with Gasteiger partial charge in [-0.15, -0.1) is 0 Å². The number of carbonyl (C=O) groups is 1. The lowest BCUT2D eigenvalue weighted by Crippen LogP contribution is -2.52. The van der Waals surface area contributed by atoms with E-state index in [9.17, 15) is 4.79 Å². The van der Waals surface area contributed by atoms with Gasteiger partial charge in [-0.25, -0.2) is 4.79 Å². The Morgan fingerprint density at radius 3 is 2.31 bits per heavy atom. The Morgan fingerprint density at radius 2 is 1.62 bits per heavy atom. The summed E-state index contributed by atoms with van der Waals surface area (Å²) >= 11 is 0. The Hall–Kier alpha value is -1.99. The van der Waals surface area contributed by atoms with E-state index < -0.39 is 5.79 Å². The first-order valence-electron chi connectivity index (χ1n) is 9.43. The zero-order valence-corrected chi connectivity index (χ0v) is 14.8. The minimum absolute atomic E-state index is 0.00904. The van der Waals surface area contributed by atoms with E-state index in [1.165, 1.54) is 0 Å². The van der Waals surface area contributed by atoms with Crippen LogP contribution in [0, 0.1) is 0 Å². The van der Waals surface area contributed by atoms with Crippen molar-refractivity contribution in [3.63, 3.8) is 0 Å². The maximum atomic E-state index is 12.8. The maximum Gasteiger partial charge on any atom is 0.318 e. The van der Waals surface area contributed by atoms with Crippen molar-refractivity contribution in [1.82, 2.24) is 10.2 Å². The molecular weight excluding hydrogens is 336 g/mol. The van der Waals surface area contributed by atoms with Crippen LogP contribution in [-0.2, 0) is 15.0 Å². The molecule has 0 aromatic heterocycles. The first kappa shape index (κ1) is 16.2. The number of benzene rings is 1. The molecule has 4 aliphatic rings. The lowest BCUT2D eigenvalue weighted by Gasteiger charge is -2.38. The molecule has 2 amide bonds. The minimum Gasteiger partial charge on any atom is -0.486 e. The highest BCUT2D eigenvalue weighted by Gasteiger charge is 2.48. The van der Waals surface area contributed by atoms with Crippen molar-refractivity contribution in [2.24, 2.45) is 0 Å². The smallest absolute Gasteiger partial charge is 0.318 e. The zero-order valence-electron chi connectivity index (χ0n) is 14.8. The summed E-state index contributed by atoms with van der Waals surface area (Å²) in [4.78, 5) is 14.7. The second kappa shape index (κ2) is 6.03. The first-order valence-corrected chi connectivity index (χ1v) is 9.43. The van der Waals surface area contributed by atoms with Crippen LogP contribution in [-0.4, -0.2) is 56.2 Å². The highest BCUT2D eigenvalue weighted by atomic mass is 16.7. The maximum absolute atomic E-state index is 12.8. The van der Waals surface area contributed by atoms with Gasteiger partial charge in [0.1, 0.15) is 13.2 Å². The van der Waals surface area contributed by atoms with Crippen LogP contribution in [0.4, 0.5) is 4.79 Å². The van der Waals surface area contributed by atoms with Gasteiger partial charge in [0.25, 0.3) is 0 Å². The Bertz CT molecular complexity index is 702. The quantitative estimate of drug-likeness (QED) is 0.874. The van der Waals surface area contributed by atoms with E-state index in [0.29, 0.717) is 39.5 Å². The van der Waals surface area contributed by atoms with Crippen LogP contribution in [0.1, 0.15) is 31.2 Å². The van der Waals surface area contributed by atoms with E-state index in [1.807, 2.05) is 23.1 Å². The number of fused-ring (bicyclic) bond motifs is 1. The molecule has 0 unspecified atom stereocenters. The Balaban J connectivity index is 1.25. The molecule has 3 heterocycles. The average Bonchev–Trinajstić information content (AvgIpc) is 3.33. The summed E-state index contributed by atoms with van der Waals surface area (Å²) in [7, 11) is 0. The van der Waals surface area contributed by atoms with Crippen LogP contribution in [0.3, 0.4) is 0 Å². The second-order valence-electron chi connectivity index (χ2n) is 7.47. The molecule has 1 spiro atoms. The molecule has 0 bridgehead atoms. The van der Waals surface area contributed by atoms with E-state index >= 15 is 0 Å². The fourth-order valence-corrected chi connectivity index (χ4v) is 4.07. The Labute approximate surface area is 152 Å². The van der Waals surface area contributed by atoms with Gasteiger partial charge in [0.05, 0.1) is 18.8 Å². The molecule has 1 N–H and O–H groups in total. The van der Waals surface area contributed by atoms with Gasteiger partial charge in [0.15, 0.2) is 17.3 Å². The second-order valence-corrected chi connectivity index (χ2v) is 7.47. The van der Waals surface area contributed by atoms with Gasteiger partial charge in [-0.3, -0.25) is 0 Å². The van der Waals surface area contributed by atoms with Gasteiger partial charge in [-0.05, 0) is 30.5 Å². The van der Waals surface area contributed by atoms with Crippen molar-refractivity contribution in [2.75, 3.05) is 39.5 Å². The van der Waals surface area contributed by atoms with Crippen LogP contribution in [0.15, 0.2) is 18.2 Å². The van der Waals surface area contributed by atoms with Gasteiger partial charge in [0.2, 0.25) is 0 Å². The monoisotopic (exact) mass is 360 g/mol. The highest BCUT2D eigenvalue weighted by molar-refractivity contribution is 5.76. The number of likely N-dealkylation sites (tertiary alicyclic amines) is 1. The van der Waals surface area contributed by atoms with Crippen LogP contribution in [0.5, 0.6) is 11.5 Å². The third kappa shape index (κ3) is 2.79. The predicted octanol–water partition coefficient (Wildman–Crippen LogP) is 2.00. The van der Waals surface area contributed by atoms with Crippen LogP contribution >= 0.6 is 0 Å². The molecule has 3 fully saturated rings. The fraction of sp³-hybridized carbons (Fsp3) is 0.632. The molecule has 1 aromatic rings. The number of hydrogen-bond acceptors (Lipinski definition) is 5. The Kier molecular flexibility index (Phi) is 3.76. The topological polar surface area (TPSA) is 69.3 Å². The van der Waals surface area contributed by atoms with Crippen LogP contribution in [0.2, 0.25) is 0 Å². The van der Waals surface area contributed by atoms with E-state index in [1.54, 1.807) is 0 Å². The molecule has 7 heteroatoms. The number of carbonyl (C=O) groups excluding carboxylic acids is 1. The third-order valence-corrected chi connectivity index (χ3v) is 5.82. The largest absolute Gasteiger partial charge is 0.486 e. The number of nitrogens with zero attached hydrogens (tertiary/aromatic N) is 1. The number of rotatable bonds is 2. The van der Waals surface area contributed by atoms with Gasteiger partial charge < -0.3 is 29.2 Å². The normalized spacial score (nSPS) is 25.2. The number of ether oxygens (including phenoxy) is 4.